The van der Waals surface area contributed by atoms with E-state index in [9.17, 15) is 4.79 Å². The van der Waals surface area contributed by atoms with E-state index in [0.29, 0.717) is 5.02 Å². The Bertz CT molecular complexity index is 451. The molecule has 0 aromatic heterocycles. The minimum atomic E-state index is -0.0703. The minimum Gasteiger partial charge on any atom is -0.310 e. The number of hydrogen-bond donors (Lipinski definition) is 1. The van der Waals surface area contributed by atoms with Gasteiger partial charge in [0.25, 0.3) is 0 Å². The second-order valence-electron chi connectivity index (χ2n) is 4.34. The molecule has 0 saturated carbocycles. The van der Waals surface area contributed by atoms with Crippen molar-refractivity contribution in [3.05, 3.63) is 26.8 Å². The first-order valence-corrected chi connectivity index (χ1v) is 7.59. The standard InChI is InChI=1S/C13H16ClIN2O/c1-2-16-11-4-3-7-17(13(11)18)12-6-5-9(15)8-10(12)14/h5-6,8,11,16H,2-4,7H2,1H3. The molecule has 1 N–H and O–H groups in total. The third-order valence-electron chi connectivity index (χ3n) is 3.09. The summed E-state index contributed by atoms with van der Waals surface area (Å²) in [6.07, 6.45) is 1.91. The molecule has 0 aliphatic carbocycles. The highest BCUT2D eigenvalue weighted by molar-refractivity contribution is 14.1. The first kappa shape index (κ1) is 14.1. The summed E-state index contributed by atoms with van der Waals surface area (Å²) in [6, 6.07) is 5.73. The largest absolute Gasteiger partial charge is 0.310 e. The molecule has 0 radical (unpaired) electrons. The Labute approximate surface area is 126 Å². The van der Waals surface area contributed by atoms with E-state index < -0.39 is 0 Å². The van der Waals surface area contributed by atoms with Crippen molar-refractivity contribution in [3.63, 3.8) is 0 Å². The number of nitrogens with zero attached hydrogens (tertiary/aromatic N) is 1. The maximum Gasteiger partial charge on any atom is 0.244 e. The van der Waals surface area contributed by atoms with E-state index >= 15 is 0 Å². The first-order valence-electron chi connectivity index (χ1n) is 6.13. The van der Waals surface area contributed by atoms with Gasteiger partial charge < -0.3 is 10.2 Å². The Balaban J connectivity index is 2.24. The number of piperidine rings is 1. The predicted octanol–water partition coefficient (Wildman–Crippen LogP) is 3.05. The average molecular weight is 379 g/mol. The van der Waals surface area contributed by atoms with Crippen LogP contribution in [0.4, 0.5) is 5.69 Å². The van der Waals surface area contributed by atoms with E-state index in [1.165, 1.54) is 0 Å². The lowest BCUT2D eigenvalue weighted by Crippen LogP contribution is -2.50. The zero-order chi connectivity index (χ0) is 13.1. The van der Waals surface area contributed by atoms with Gasteiger partial charge in [-0.05, 0) is 60.2 Å². The fraction of sp³-hybridized carbons (Fsp3) is 0.462. The molecule has 2 rings (SSSR count). The van der Waals surface area contributed by atoms with Crippen LogP contribution < -0.4 is 10.2 Å². The Morgan fingerprint density at radius 2 is 2.33 bits per heavy atom. The summed E-state index contributed by atoms with van der Waals surface area (Å²) in [5, 5.41) is 3.87. The lowest BCUT2D eigenvalue weighted by molar-refractivity contribution is -0.121. The zero-order valence-electron chi connectivity index (χ0n) is 10.2. The highest BCUT2D eigenvalue weighted by Gasteiger charge is 2.29. The molecule has 1 fully saturated rings. The van der Waals surface area contributed by atoms with Crippen LogP contribution in [0.25, 0.3) is 0 Å². The predicted molar refractivity (Wildman–Crippen MR) is 83.2 cm³/mol. The van der Waals surface area contributed by atoms with E-state index in [2.05, 4.69) is 27.9 Å². The molecule has 1 heterocycles. The second kappa shape index (κ2) is 6.21. The number of hydrogen-bond acceptors (Lipinski definition) is 2. The Morgan fingerprint density at radius 3 is 3.00 bits per heavy atom. The van der Waals surface area contributed by atoms with Crippen molar-refractivity contribution in [2.45, 2.75) is 25.8 Å². The molecule has 5 heteroatoms. The molecule has 1 aromatic carbocycles. The third kappa shape index (κ3) is 2.97. The van der Waals surface area contributed by atoms with Gasteiger partial charge in [0.05, 0.1) is 16.8 Å². The van der Waals surface area contributed by atoms with Crippen molar-refractivity contribution in [2.24, 2.45) is 0 Å². The number of amides is 1. The van der Waals surface area contributed by atoms with Crippen LogP contribution >= 0.6 is 34.2 Å². The van der Waals surface area contributed by atoms with Crippen molar-refractivity contribution in [1.82, 2.24) is 5.32 Å². The molecule has 18 heavy (non-hydrogen) atoms. The minimum absolute atomic E-state index is 0.0703. The molecular formula is C13H16ClIN2O. The van der Waals surface area contributed by atoms with E-state index in [4.69, 9.17) is 11.6 Å². The van der Waals surface area contributed by atoms with Crippen molar-refractivity contribution >= 4 is 45.8 Å². The molecule has 3 nitrogen and oxygen atoms in total. The van der Waals surface area contributed by atoms with Gasteiger partial charge in [-0.25, -0.2) is 0 Å². The van der Waals surface area contributed by atoms with Crippen LogP contribution in [0.5, 0.6) is 0 Å². The number of halogens is 2. The molecule has 1 atom stereocenters. The van der Waals surface area contributed by atoms with Gasteiger partial charge in [0.1, 0.15) is 0 Å². The molecule has 0 spiro atoms. The van der Waals surface area contributed by atoms with Gasteiger partial charge in [0.15, 0.2) is 0 Å². The van der Waals surface area contributed by atoms with Crippen LogP contribution in [-0.2, 0) is 4.79 Å². The summed E-state index contributed by atoms with van der Waals surface area (Å²) in [6.45, 7) is 3.58. The molecule has 1 saturated heterocycles. The summed E-state index contributed by atoms with van der Waals surface area (Å²) < 4.78 is 1.08. The van der Waals surface area contributed by atoms with Gasteiger partial charge in [-0.2, -0.15) is 0 Å². The molecule has 1 aliphatic heterocycles. The third-order valence-corrected chi connectivity index (χ3v) is 4.06. The van der Waals surface area contributed by atoms with Gasteiger partial charge in [-0.15, -0.1) is 0 Å². The van der Waals surface area contributed by atoms with Crippen LogP contribution in [0.15, 0.2) is 18.2 Å². The van der Waals surface area contributed by atoms with Crippen molar-refractivity contribution in [1.29, 1.82) is 0 Å². The molecule has 98 valence electrons. The summed E-state index contributed by atoms with van der Waals surface area (Å²) in [5.41, 5.74) is 0.824. The van der Waals surface area contributed by atoms with Crippen LogP contribution in [0.1, 0.15) is 19.8 Å². The molecule has 1 unspecified atom stereocenters. The summed E-state index contributed by atoms with van der Waals surface area (Å²) in [5.74, 6) is 0.131. The lowest BCUT2D eigenvalue weighted by atomic mass is 10.0. The topological polar surface area (TPSA) is 32.3 Å². The van der Waals surface area contributed by atoms with Gasteiger partial charge in [-0.1, -0.05) is 18.5 Å². The number of benzene rings is 1. The van der Waals surface area contributed by atoms with E-state index in [1.54, 1.807) is 4.90 Å². The maximum atomic E-state index is 12.4. The maximum absolute atomic E-state index is 12.4. The number of likely N-dealkylation sites (N-methyl/N-ethyl adjacent to an activating group) is 1. The Kier molecular flexibility index (Phi) is 4.86. The molecule has 1 aromatic rings. The molecule has 1 amide bonds. The van der Waals surface area contributed by atoms with E-state index in [1.807, 2.05) is 25.1 Å². The van der Waals surface area contributed by atoms with Crippen molar-refractivity contribution in [3.8, 4) is 0 Å². The Hall–Kier alpha value is -0.330. The highest BCUT2D eigenvalue weighted by atomic mass is 127. The van der Waals surface area contributed by atoms with Crippen molar-refractivity contribution in [2.75, 3.05) is 18.0 Å². The smallest absolute Gasteiger partial charge is 0.244 e. The number of carbonyl (C=O) groups is 1. The normalized spacial score (nSPS) is 20.3. The summed E-state index contributed by atoms with van der Waals surface area (Å²) in [4.78, 5) is 14.2. The van der Waals surface area contributed by atoms with Crippen LogP contribution in [0, 0.1) is 3.57 Å². The fourth-order valence-corrected chi connectivity index (χ4v) is 3.21. The first-order chi connectivity index (χ1) is 8.63. The lowest BCUT2D eigenvalue weighted by Gasteiger charge is -2.33. The number of rotatable bonds is 3. The second-order valence-corrected chi connectivity index (χ2v) is 5.99. The van der Waals surface area contributed by atoms with Gasteiger partial charge in [0, 0.05) is 10.1 Å². The quantitative estimate of drug-likeness (QED) is 0.820. The number of nitrogens with one attached hydrogen (secondary N) is 1. The SMILES string of the molecule is CCNC1CCCN(c2ccc(I)cc2Cl)C1=O. The van der Waals surface area contributed by atoms with Crippen LogP contribution in [0.3, 0.4) is 0 Å². The van der Waals surface area contributed by atoms with Gasteiger partial charge >= 0.3 is 0 Å². The monoisotopic (exact) mass is 378 g/mol. The van der Waals surface area contributed by atoms with Gasteiger partial charge in [-0.3, -0.25) is 4.79 Å². The fourth-order valence-electron chi connectivity index (χ4n) is 2.25. The van der Waals surface area contributed by atoms with E-state index in [0.717, 1.165) is 35.2 Å². The van der Waals surface area contributed by atoms with Crippen molar-refractivity contribution < 1.29 is 4.79 Å². The van der Waals surface area contributed by atoms with E-state index in [-0.39, 0.29) is 11.9 Å². The molecule has 1 aliphatic rings. The summed E-state index contributed by atoms with van der Waals surface area (Å²) >= 11 is 8.45. The molecular weight excluding hydrogens is 363 g/mol. The van der Waals surface area contributed by atoms with Crippen LogP contribution in [0.2, 0.25) is 5.02 Å². The zero-order valence-corrected chi connectivity index (χ0v) is 13.2. The molecule has 0 bridgehead atoms. The number of anilines is 1. The van der Waals surface area contributed by atoms with Gasteiger partial charge in [0.2, 0.25) is 5.91 Å². The Morgan fingerprint density at radius 1 is 1.56 bits per heavy atom. The summed E-state index contributed by atoms with van der Waals surface area (Å²) in [7, 11) is 0. The number of carbonyl (C=O) groups excluding carboxylic acids is 1. The highest BCUT2D eigenvalue weighted by Crippen LogP contribution is 2.30. The van der Waals surface area contributed by atoms with Crippen LogP contribution in [-0.4, -0.2) is 25.0 Å². The average Bonchev–Trinajstić information content (AvgIpc) is 2.33.